The van der Waals surface area contributed by atoms with Crippen molar-refractivity contribution in [1.82, 2.24) is 20.6 Å². The topological polar surface area (TPSA) is 54.5 Å². The van der Waals surface area contributed by atoms with Gasteiger partial charge in [-0.15, -0.1) is 10.2 Å². The third-order valence-electron chi connectivity index (χ3n) is 0.270. The number of hydrogen-bond acceptors (Lipinski definition) is 3. The van der Waals surface area contributed by atoms with Crippen molar-refractivity contribution >= 4 is 29.6 Å². The molecule has 0 aliphatic carbocycles. The summed E-state index contributed by atoms with van der Waals surface area (Å²) in [6.45, 7) is 0. The summed E-state index contributed by atoms with van der Waals surface area (Å²) in [5.74, 6) is 0. The second kappa shape index (κ2) is 3.27. The average Bonchev–Trinajstić information content (AvgIpc) is 1.76. The zero-order chi connectivity index (χ0) is 3.54. The molecule has 0 unspecified atom stereocenters. The quantitative estimate of drug-likeness (QED) is 0.400. The summed E-state index contributed by atoms with van der Waals surface area (Å²) >= 11 is 0. The first-order valence-electron chi connectivity index (χ1n) is 1.16. The number of aromatic amines is 1. The van der Waals surface area contributed by atoms with Crippen LogP contribution in [0.1, 0.15) is 0 Å². The van der Waals surface area contributed by atoms with E-state index in [-0.39, 0.29) is 29.6 Å². The van der Waals surface area contributed by atoms with E-state index >= 15 is 0 Å². The second-order valence-electron chi connectivity index (χ2n) is 0.560. The Kier molecular flexibility index (Phi) is 3.31. The first-order chi connectivity index (χ1) is 2.50. The molecule has 0 atom stereocenters. The fourth-order valence-corrected chi connectivity index (χ4v) is 0.129. The molecule has 1 aromatic rings. The van der Waals surface area contributed by atoms with Crippen LogP contribution in [0.25, 0.3) is 0 Å². The summed E-state index contributed by atoms with van der Waals surface area (Å²) in [5.41, 5.74) is 0. The smallest absolute Gasteiger partial charge is 0.161 e. The Labute approximate surface area is 56.6 Å². The van der Waals surface area contributed by atoms with Gasteiger partial charge in [0, 0.05) is 0 Å². The molecule has 0 aliphatic heterocycles. The molecule has 0 amide bonds. The van der Waals surface area contributed by atoms with Gasteiger partial charge in [-0.05, 0) is 0 Å². The minimum atomic E-state index is 0. The summed E-state index contributed by atoms with van der Waals surface area (Å²) in [4.78, 5) is 0. The molecule has 0 aliphatic rings. The third kappa shape index (κ3) is 1.49. The minimum absolute atomic E-state index is 0. The molecule has 1 aromatic heterocycles. The Hall–Kier alpha value is 0.0700. The van der Waals surface area contributed by atoms with Gasteiger partial charge in [0.15, 0.2) is 6.33 Å². The Morgan fingerprint density at radius 1 is 1.50 bits per heavy atom. The average molecular weight is 94.1 g/mol. The molecular formula is CH3N4Na. The zero-order valence-electron chi connectivity index (χ0n) is 2.42. The van der Waals surface area contributed by atoms with Crippen molar-refractivity contribution in [1.29, 1.82) is 0 Å². The van der Waals surface area contributed by atoms with Crippen LogP contribution in [0.4, 0.5) is 0 Å². The van der Waals surface area contributed by atoms with Gasteiger partial charge in [-0.1, -0.05) is 5.21 Å². The van der Waals surface area contributed by atoms with Crippen LogP contribution in [-0.2, 0) is 0 Å². The Morgan fingerprint density at radius 2 is 2.33 bits per heavy atom. The minimum Gasteiger partial charge on any atom is -0.177 e. The van der Waals surface area contributed by atoms with Crippen LogP contribution in [0.2, 0.25) is 0 Å². The molecule has 1 rings (SSSR count). The van der Waals surface area contributed by atoms with E-state index < -0.39 is 0 Å². The van der Waals surface area contributed by atoms with Gasteiger partial charge < -0.3 is 0 Å². The predicted molar refractivity (Wildman–Crippen MR) is 21.3 cm³/mol. The van der Waals surface area contributed by atoms with E-state index in [0.29, 0.717) is 0 Å². The Bertz CT molecular complexity index is 64.0. The van der Waals surface area contributed by atoms with Gasteiger partial charge in [-0.2, -0.15) is 5.21 Å². The van der Waals surface area contributed by atoms with Crippen LogP contribution >= 0.6 is 0 Å². The molecule has 0 spiro atoms. The maximum absolute atomic E-state index is 3.38. The van der Waals surface area contributed by atoms with E-state index in [0.717, 1.165) is 0 Å². The molecule has 1 N–H and O–H groups in total. The normalized spacial score (nSPS) is 6.67. The molecule has 1 heterocycles. The molecule has 0 aromatic carbocycles. The monoisotopic (exact) mass is 94.0 g/mol. The molecule has 0 fully saturated rings. The van der Waals surface area contributed by atoms with Crippen molar-refractivity contribution in [2.75, 3.05) is 0 Å². The standard InChI is InChI=1S/CH2N4.Na.H/c1-2-4-5-3-1;;/h1H,(H,2,3,4,5);;. The van der Waals surface area contributed by atoms with Crippen molar-refractivity contribution in [2.45, 2.75) is 0 Å². The zero-order valence-corrected chi connectivity index (χ0v) is 2.42. The first kappa shape index (κ1) is 6.07. The van der Waals surface area contributed by atoms with E-state index in [1.165, 1.54) is 6.33 Å². The van der Waals surface area contributed by atoms with Gasteiger partial charge in [0.25, 0.3) is 0 Å². The molecular weight excluding hydrogens is 91.0 g/mol. The van der Waals surface area contributed by atoms with Crippen LogP contribution in [0.5, 0.6) is 0 Å². The molecule has 0 radical (unpaired) electrons. The molecule has 0 bridgehead atoms. The van der Waals surface area contributed by atoms with Gasteiger partial charge >= 0.3 is 29.6 Å². The number of nitrogens with one attached hydrogen (secondary N) is 1. The summed E-state index contributed by atoms with van der Waals surface area (Å²) in [6, 6.07) is 0. The number of aromatic nitrogens is 4. The van der Waals surface area contributed by atoms with Crippen molar-refractivity contribution in [3.8, 4) is 0 Å². The number of nitrogens with zero attached hydrogens (tertiary/aromatic N) is 3. The molecule has 28 valence electrons. The van der Waals surface area contributed by atoms with Crippen LogP contribution in [0.15, 0.2) is 6.33 Å². The third-order valence-corrected chi connectivity index (χ3v) is 0.270. The van der Waals surface area contributed by atoms with E-state index in [2.05, 4.69) is 20.6 Å². The van der Waals surface area contributed by atoms with Crippen LogP contribution in [0.3, 0.4) is 0 Å². The van der Waals surface area contributed by atoms with E-state index in [1.54, 1.807) is 0 Å². The number of hydrogen-bond donors (Lipinski definition) is 1. The van der Waals surface area contributed by atoms with Gasteiger partial charge in [0.2, 0.25) is 0 Å². The largest absolute Gasteiger partial charge is 0.177 e. The van der Waals surface area contributed by atoms with Gasteiger partial charge in [0.05, 0.1) is 0 Å². The second-order valence-corrected chi connectivity index (χ2v) is 0.560. The van der Waals surface area contributed by atoms with Crippen LogP contribution < -0.4 is 0 Å². The predicted octanol–water partition coefficient (Wildman–Crippen LogP) is -1.45. The summed E-state index contributed by atoms with van der Waals surface area (Å²) < 4.78 is 0. The maximum atomic E-state index is 3.38. The van der Waals surface area contributed by atoms with Crippen molar-refractivity contribution in [3.05, 3.63) is 6.33 Å². The van der Waals surface area contributed by atoms with E-state index in [9.17, 15) is 0 Å². The van der Waals surface area contributed by atoms with Crippen molar-refractivity contribution < 1.29 is 0 Å². The van der Waals surface area contributed by atoms with E-state index in [1.807, 2.05) is 0 Å². The molecule has 6 heavy (non-hydrogen) atoms. The molecule has 5 heteroatoms. The first-order valence-corrected chi connectivity index (χ1v) is 1.16. The maximum Gasteiger partial charge on any atom is 0.161 e. The fourth-order valence-electron chi connectivity index (χ4n) is 0.129. The molecule has 0 saturated carbocycles. The van der Waals surface area contributed by atoms with Crippen LogP contribution in [0, 0.1) is 0 Å². The van der Waals surface area contributed by atoms with Gasteiger partial charge in [-0.3, -0.25) is 0 Å². The number of H-pyrrole nitrogens is 1. The Morgan fingerprint density at radius 3 is 2.50 bits per heavy atom. The van der Waals surface area contributed by atoms with E-state index in [4.69, 9.17) is 0 Å². The van der Waals surface area contributed by atoms with Crippen molar-refractivity contribution in [3.63, 3.8) is 0 Å². The summed E-state index contributed by atoms with van der Waals surface area (Å²) in [6.07, 6.45) is 1.33. The number of tetrazole rings is 1. The molecule has 0 saturated heterocycles. The fraction of sp³-hybridized carbons (Fsp3) is 0. The SMILES string of the molecule is [NaH].c1nn[nH]n1. The van der Waals surface area contributed by atoms with Gasteiger partial charge in [0.1, 0.15) is 0 Å². The summed E-state index contributed by atoms with van der Waals surface area (Å²) in [7, 11) is 0. The Balaban J connectivity index is 0.000000250. The number of rotatable bonds is 0. The van der Waals surface area contributed by atoms with Crippen LogP contribution in [-0.4, -0.2) is 50.2 Å². The summed E-state index contributed by atoms with van der Waals surface area (Å²) in [5, 5.41) is 12.2. The van der Waals surface area contributed by atoms with Gasteiger partial charge in [-0.25, -0.2) is 0 Å². The van der Waals surface area contributed by atoms with Crippen molar-refractivity contribution in [2.24, 2.45) is 0 Å². The molecule has 4 nitrogen and oxygen atoms in total.